The Kier molecular flexibility index (Phi) is 2.95. The standard InChI is InChI=1S/C15H14N2O3/c1-19-13-6-5-10(8-14(13)20-2)11-9-17-7-3-4-12(17)15(18)16-11/h3-9H,1-2H3,(H,16,18). The van der Waals surface area contributed by atoms with Gasteiger partial charge in [-0.1, -0.05) is 0 Å². The van der Waals surface area contributed by atoms with Crippen molar-refractivity contribution in [2.24, 2.45) is 0 Å². The van der Waals surface area contributed by atoms with Crippen LogP contribution in [0.1, 0.15) is 0 Å². The molecule has 0 saturated carbocycles. The highest BCUT2D eigenvalue weighted by atomic mass is 16.5. The van der Waals surface area contributed by atoms with Crippen LogP contribution >= 0.6 is 0 Å². The van der Waals surface area contributed by atoms with E-state index in [1.807, 2.05) is 36.7 Å². The Morgan fingerprint density at radius 1 is 1.10 bits per heavy atom. The first-order valence-corrected chi connectivity index (χ1v) is 6.15. The second-order valence-electron chi connectivity index (χ2n) is 4.37. The number of aromatic amines is 1. The highest BCUT2D eigenvalue weighted by Crippen LogP contribution is 2.31. The van der Waals surface area contributed by atoms with Gasteiger partial charge in [-0.2, -0.15) is 0 Å². The Morgan fingerprint density at radius 3 is 2.65 bits per heavy atom. The van der Waals surface area contributed by atoms with E-state index in [9.17, 15) is 4.79 Å². The van der Waals surface area contributed by atoms with Crippen molar-refractivity contribution in [1.82, 2.24) is 9.38 Å². The van der Waals surface area contributed by atoms with E-state index in [2.05, 4.69) is 4.98 Å². The summed E-state index contributed by atoms with van der Waals surface area (Å²) in [5, 5.41) is 0. The van der Waals surface area contributed by atoms with Crippen LogP contribution in [0.25, 0.3) is 16.8 Å². The van der Waals surface area contributed by atoms with Crippen LogP contribution in [0.3, 0.4) is 0 Å². The molecule has 5 heteroatoms. The third kappa shape index (κ3) is 1.93. The Balaban J connectivity index is 2.17. The van der Waals surface area contributed by atoms with Crippen molar-refractivity contribution in [3.05, 3.63) is 53.1 Å². The maximum absolute atomic E-state index is 12.0. The van der Waals surface area contributed by atoms with Crippen LogP contribution in [-0.4, -0.2) is 23.6 Å². The normalized spacial score (nSPS) is 10.7. The van der Waals surface area contributed by atoms with Crippen LogP contribution in [0.15, 0.2) is 47.5 Å². The summed E-state index contributed by atoms with van der Waals surface area (Å²) >= 11 is 0. The predicted octanol–water partition coefficient (Wildman–Crippen LogP) is 2.31. The van der Waals surface area contributed by atoms with Crippen molar-refractivity contribution >= 4 is 5.52 Å². The van der Waals surface area contributed by atoms with Gasteiger partial charge in [0.15, 0.2) is 11.5 Å². The molecule has 0 saturated heterocycles. The monoisotopic (exact) mass is 270 g/mol. The van der Waals surface area contributed by atoms with Gasteiger partial charge in [-0.15, -0.1) is 0 Å². The van der Waals surface area contributed by atoms with E-state index in [0.717, 1.165) is 11.3 Å². The topological polar surface area (TPSA) is 55.7 Å². The molecule has 0 amide bonds. The predicted molar refractivity (Wildman–Crippen MR) is 76.6 cm³/mol. The van der Waals surface area contributed by atoms with Crippen LogP contribution in [0.2, 0.25) is 0 Å². The van der Waals surface area contributed by atoms with E-state index in [-0.39, 0.29) is 5.56 Å². The number of nitrogens with zero attached hydrogens (tertiary/aromatic N) is 1. The molecule has 0 atom stereocenters. The highest BCUT2D eigenvalue weighted by Gasteiger charge is 2.08. The number of hydrogen-bond donors (Lipinski definition) is 1. The van der Waals surface area contributed by atoms with Crippen LogP contribution in [0, 0.1) is 0 Å². The number of benzene rings is 1. The number of aromatic nitrogens is 2. The first-order valence-electron chi connectivity index (χ1n) is 6.15. The molecular formula is C15H14N2O3. The third-order valence-corrected chi connectivity index (χ3v) is 3.22. The van der Waals surface area contributed by atoms with Crippen LogP contribution in [0.4, 0.5) is 0 Å². The van der Waals surface area contributed by atoms with E-state index < -0.39 is 0 Å². The van der Waals surface area contributed by atoms with Crippen molar-refractivity contribution in [1.29, 1.82) is 0 Å². The number of rotatable bonds is 3. The zero-order valence-electron chi connectivity index (χ0n) is 11.2. The average molecular weight is 270 g/mol. The fraction of sp³-hybridized carbons (Fsp3) is 0.133. The summed E-state index contributed by atoms with van der Waals surface area (Å²) in [6.45, 7) is 0. The number of hydrogen-bond acceptors (Lipinski definition) is 3. The van der Waals surface area contributed by atoms with E-state index in [1.54, 1.807) is 24.7 Å². The molecule has 2 heterocycles. The van der Waals surface area contributed by atoms with Gasteiger partial charge in [-0.25, -0.2) is 0 Å². The van der Waals surface area contributed by atoms with Gasteiger partial charge in [-0.3, -0.25) is 4.79 Å². The lowest BCUT2D eigenvalue weighted by molar-refractivity contribution is 0.355. The Hall–Kier alpha value is -2.69. The molecule has 2 aromatic heterocycles. The van der Waals surface area contributed by atoms with Crippen molar-refractivity contribution in [3.8, 4) is 22.8 Å². The number of nitrogens with one attached hydrogen (secondary N) is 1. The van der Waals surface area contributed by atoms with Crippen LogP contribution in [0.5, 0.6) is 11.5 Å². The van der Waals surface area contributed by atoms with Crippen molar-refractivity contribution in [2.45, 2.75) is 0 Å². The number of fused-ring (bicyclic) bond motifs is 1. The quantitative estimate of drug-likeness (QED) is 0.794. The minimum Gasteiger partial charge on any atom is -0.493 e. The van der Waals surface area contributed by atoms with Crippen molar-refractivity contribution in [3.63, 3.8) is 0 Å². The van der Waals surface area contributed by atoms with Gasteiger partial charge < -0.3 is 18.9 Å². The third-order valence-electron chi connectivity index (χ3n) is 3.22. The molecular weight excluding hydrogens is 256 g/mol. The van der Waals surface area contributed by atoms with Gasteiger partial charge >= 0.3 is 0 Å². The van der Waals surface area contributed by atoms with E-state index in [4.69, 9.17) is 9.47 Å². The SMILES string of the molecule is COc1ccc(-c2cn3cccc3c(=O)[nH]2)cc1OC. The second kappa shape index (κ2) is 4.77. The molecule has 0 aliphatic carbocycles. The van der Waals surface area contributed by atoms with Gasteiger partial charge in [0, 0.05) is 18.0 Å². The molecule has 3 aromatic rings. The Bertz CT molecular complexity index is 817. The molecule has 20 heavy (non-hydrogen) atoms. The van der Waals surface area contributed by atoms with Gasteiger partial charge in [0.1, 0.15) is 5.52 Å². The van der Waals surface area contributed by atoms with E-state index in [1.165, 1.54) is 0 Å². The average Bonchev–Trinajstić information content (AvgIpc) is 2.95. The van der Waals surface area contributed by atoms with E-state index in [0.29, 0.717) is 17.0 Å². The van der Waals surface area contributed by atoms with Gasteiger partial charge in [-0.05, 0) is 30.3 Å². The summed E-state index contributed by atoms with van der Waals surface area (Å²) in [5.41, 5.74) is 2.08. The number of methoxy groups -OCH3 is 2. The minimum atomic E-state index is -0.123. The fourth-order valence-corrected chi connectivity index (χ4v) is 2.21. The summed E-state index contributed by atoms with van der Waals surface area (Å²) in [7, 11) is 3.17. The molecule has 0 radical (unpaired) electrons. The van der Waals surface area contributed by atoms with Gasteiger partial charge in [0.25, 0.3) is 5.56 Å². The summed E-state index contributed by atoms with van der Waals surface area (Å²) in [4.78, 5) is 14.8. The molecule has 1 aromatic carbocycles. The van der Waals surface area contributed by atoms with Gasteiger partial charge in [0.2, 0.25) is 0 Å². The lowest BCUT2D eigenvalue weighted by atomic mass is 10.1. The molecule has 0 spiro atoms. The van der Waals surface area contributed by atoms with Crippen molar-refractivity contribution in [2.75, 3.05) is 14.2 Å². The molecule has 1 N–H and O–H groups in total. The lowest BCUT2D eigenvalue weighted by Crippen LogP contribution is -2.09. The molecule has 0 fully saturated rings. The van der Waals surface area contributed by atoms with Crippen LogP contribution in [-0.2, 0) is 0 Å². The largest absolute Gasteiger partial charge is 0.493 e. The second-order valence-corrected chi connectivity index (χ2v) is 4.37. The molecule has 3 rings (SSSR count). The fourth-order valence-electron chi connectivity index (χ4n) is 2.21. The molecule has 0 unspecified atom stereocenters. The minimum absolute atomic E-state index is 0.123. The maximum atomic E-state index is 12.0. The summed E-state index contributed by atoms with van der Waals surface area (Å²) in [6.07, 6.45) is 3.72. The molecule has 0 bridgehead atoms. The van der Waals surface area contributed by atoms with Crippen molar-refractivity contribution < 1.29 is 9.47 Å². The molecule has 102 valence electrons. The van der Waals surface area contributed by atoms with Crippen LogP contribution < -0.4 is 15.0 Å². The molecule has 5 nitrogen and oxygen atoms in total. The molecule has 0 aliphatic rings. The number of ether oxygens (including phenoxy) is 2. The highest BCUT2D eigenvalue weighted by molar-refractivity contribution is 5.64. The molecule has 0 aliphatic heterocycles. The van der Waals surface area contributed by atoms with Gasteiger partial charge in [0.05, 0.1) is 19.9 Å². The zero-order valence-corrected chi connectivity index (χ0v) is 11.2. The summed E-state index contributed by atoms with van der Waals surface area (Å²) < 4.78 is 12.3. The first-order chi connectivity index (χ1) is 9.72. The Labute approximate surface area is 115 Å². The lowest BCUT2D eigenvalue weighted by Gasteiger charge is -2.10. The maximum Gasteiger partial charge on any atom is 0.272 e. The number of H-pyrrole nitrogens is 1. The smallest absolute Gasteiger partial charge is 0.272 e. The van der Waals surface area contributed by atoms with E-state index >= 15 is 0 Å². The zero-order chi connectivity index (χ0) is 14.1. The first kappa shape index (κ1) is 12.3. The summed E-state index contributed by atoms with van der Waals surface area (Å²) in [6, 6.07) is 9.13. The summed E-state index contributed by atoms with van der Waals surface area (Å²) in [5.74, 6) is 1.28. The Morgan fingerprint density at radius 2 is 1.90 bits per heavy atom.